The Balaban J connectivity index is 2.13. The molecule has 2 aromatic rings. The lowest BCUT2D eigenvalue weighted by molar-refractivity contribution is -0.384. The van der Waals surface area contributed by atoms with Gasteiger partial charge in [-0.25, -0.2) is 0 Å². The van der Waals surface area contributed by atoms with Crippen LogP contribution in [0.15, 0.2) is 48.6 Å². The molecule has 0 aliphatic carbocycles. The minimum Gasteiger partial charge on any atom is -0.295 e. The van der Waals surface area contributed by atoms with Crippen molar-refractivity contribution in [3.63, 3.8) is 0 Å². The number of halogens is 2. The van der Waals surface area contributed by atoms with Crippen LogP contribution in [0.2, 0.25) is 10.0 Å². The Morgan fingerprint density at radius 2 is 1.54 bits per heavy atom. The van der Waals surface area contributed by atoms with Crippen molar-refractivity contribution >= 4 is 46.5 Å². The summed E-state index contributed by atoms with van der Waals surface area (Å²) < 4.78 is 0. The first kappa shape index (κ1) is 19.7. The zero-order valence-electron chi connectivity index (χ0n) is 14.4. The van der Waals surface area contributed by atoms with Gasteiger partial charge in [-0.15, -0.1) is 0 Å². The fourth-order valence-electron chi connectivity index (χ4n) is 2.96. The summed E-state index contributed by atoms with van der Waals surface area (Å²) >= 11 is 11.9. The van der Waals surface area contributed by atoms with Gasteiger partial charge in [0, 0.05) is 17.7 Å². The Morgan fingerprint density at radius 3 is 1.93 bits per heavy atom. The molecule has 0 spiro atoms. The molecule has 0 saturated heterocycles. The van der Waals surface area contributed by atoms with Gasteiger partial charge in [-0.3, -0.25) is 29.4 Å². The molecule has 1 atom stereocenters. The third kappa shape index (κ3) is 3.19. The predicted octanol–water partition coefficient (Wildman–Crippen LogP) is 4.38. The van der Waals surface area contributed by atoms with E-state index in [-0.39, 0.29) is 32.4 Å². The van der Waals surface area contributed by atoms with Gasteiger partial charge in [-0.05, 0) is 36.8 Å². The van der Waals surface area contributed by atoms with E-state index >= 15 is 0 Å². The molecule has 1 aliphatic rings. The molecule has 3 rings (SSSR count). The van der Waals surface area contributed by atoms with Crippen LogP contribution >= 0.6 is 23.2 Å². The van der Waals surface area contributed by atoms with Gasteiger partial charge >= 0.3 is 0 Å². The summed E-state index contributed by atoms with van der Waals surface area (Å²) in [4.78, 5) is 49.0. The Kier molecular flexibility index (Phi) is 5.06. The highest BCUT2D eigenvalue weighted by Gasteiger charge is 2.42. The number of non-ortho nitro benzene ring substituents is 1. The lowest BCUT2D eigenvalue weighted by Crippen LogP contribution is -2.36. The fraction of sp³-hybridized carbons (Fsp3) is 0.105. The second kappa shape index (κ2) is 7.18. The number of nitro groups is 1. The van der Waals surface area contributed by atoms with Crippen molar-refractivity contribution < 1.29 is 19.3 Å². The molecule has 0 radical (unpaired) electrons. The molecular weight excluding hydrogens is 407 g/mol. The summed E-state index contributed by atoms with van der Waals surface area (Å²) in [5.74, 6) is -1.76. The molecule has 0 N–H and O–H groups in total. The SMILES string of the molecule is C=C(C(C)=O)C(c1ccc([N+](=O)[O-])cc1)N1C(=O)c2cc(Cl)c(Cl)cc2C1=O. The number of ketones is 1. The van der Waals surface area contributed by atoms with E-state index in [0.29, 0.717) is 5.56 Å². The number of hydrogen-bond acceptors (Lipinski definition) is 5. The molecule has 1 heterocycles. The van der Waals surface area contributed by atoms with Gasteiger partial charge in [-0.2, -0.15) is 0 Å². The average molecular weight is 419 g/mol. The minimum absolute atomic E-state index is 0.0134. The van der Waals surface area contributed by atoms with Crippen LogP contribution in [0, 0.1) is 10.1 Å². The van der Waals surface area contributed by atoms with Crippen molar-refractivity contribution in [1.29, 1.82) is 0 Å². The van der Waals surface area contributed by atoms with Crippen molar-refractivity contribution in [2.45, 2.75) is 13.0 Å². The number of rotatable bonds is 5. The maximum absolute atomic E-state index is 12.9. The van der Waals surface area contributed by atoms with Crippen LogP contribution in [0.25, 0.3) is 0 Å². The van der Waals surface area contributed by atoms with Crippen LogP contribution in [0.1, 0.15) is 39.2 Å². The average Bonchev–Trinajstić information content (AvgIpc) is 2.87. The standard InChI is InChI=1S/C19H12Cl2N2O5/c1-9(10(2)24)17(11-3-5-12(6-4-11)23(27)28)22-18(25)13-7-15(20)16(21)8-14(13)19(22)26/h3-8,17H,1H2,2H3. The Labute approximate surface area is 169 Å². The lowest BCUT2D eigenvalue weighted by atomic mass is 9.95. The maximum atomic E-state index is 12.9. The summed E-state index contributed by atoms with van der Waals surface area (Å²) in [6.45, 7) is 4.97. The molecule has 1 aliphatic heterocycles. The molecule has 28 heavy (non-hydrogen) atoms. The zero-order valence-corrected chi connectivity index (χ0v) is 16.0. The van der Waals surface area contributed by atoms with Gasteiger partial charge in [0.05, 0.1) is 32.1 Å². The summed E-state index contributed by atoms with van der Waals surface area (Å²) in [5.41, 5.74) is 0.264. The monoisotopic (exact) mass is 418 g/mol. The van der Waals surface area contributed by atoms with Crippen LogP contribution in [0.4, 0.5) is 5.69 Å². The largest absolute Gasteiger partial charge is 0.295 e. The normalized spacial score (nSPS) is 14.0. The van der Waals surface area contributed by atoms with Gasteiger partial charge in [0.15, 0.2) is 5.78 Å². The number of nitrogens with zero attached hydrogens (tertiary/aromatic N) is 2. The van der Waals surface area contributed by atoms with Crippen molar-refractivity contribution in [3.8, 4) is 0 Å². The first-order valence-corrected chi connectivity index (χ1v) is 8.70. The molecule has 2 aromatic carbocycles. The first-order chi connectivity index (χ1) is 13.1. The van der Waals surface area contributed by atoms with Crippen molar-refractivity contribution in [3.05, 3.63) is 85.4 Å². The minimum atomic E-state index is -1.12. The van der Waals surface area contributed by atoms with E-state index in [1.807, 2.05) is 0 Å². The second-order valence-corrected chi connectivity index (χ2v) is 6.94. The van der Waals surface area contributed by atoms with Crippen LogP contribution in [-0.4, -0.2) is 27.4 Å². The molecule has 1 unspecified atom stereocenters. The molecule has 0 aromatic heterocycles. The number of fused-ring (bicyclic) bond motifs is 1. The molecule has 0 bridgehead atoms. The molecule has 142 valence electrons. The smallest absolute Gasteiger partial charge is 0.269 e. The summed E-state index contributed by atoms with van der Waals surface area (Å²) in [6.07, 6.45) is 0. The summed E-state index contributed by atoms with van der Waals surface area (Å²) in [5, 5.41) is 11.1. The Morgan fingerprint density at radius 1 is 1.07 bits per heavy atom. The van der Waals surface area contributed by atoms with Crippen molar-refractivity contribution in [2.24, 2.45) is 0 Å². The number of carbonyl (C=O) groups excluding carboxylic acids is 3. The summed E-state index contributed by atoms with van der Waals surface area (Å²) in [6, 6.07) is 6.67. The number of amides is 2. The molecule has 0 fully saturated rings. The molecule has 9 heteroatoms. The van der Waals surface area contributed by atoms with E-state index in [9.17, 15) is 24.5 Å². The predicted molar refractivity (Wildman–Crippen MR) is 103 cm³/mol. The Hall–Kier alpha value is -3.03. The van der Waals surface area contributed by atoms with Gasteiger partial charge in [0.1, 0.15) is 0 Å². The topological polar surface area (TPSA) is 97.6 Å². The zero-order chi connectivity index (χ0) is 20.7. The van der Waals surface area contributed by atoms with E-state index in [1.54, 1.807) is 0 Å². The number of hydrogen-bond donors (Lipinski definition) is 0. The van der Waals surface area contributed by atoms with Gasteiger partial charge in [0.2, 0.25) is 0 Å². The highest BCUT2D eigenvalue weighted by Crippen LogP contribution is 2.38. The number of benzene rings is 2. The lowest BCUT2D eigenvalue weighted by Gasteiger charge is -2.27. The van der Waals surface area contributed by atoms with E-state index in [4.69, 9.17) is 23.2 Å². The number of nitro benzene ring substituents is 1. The summed E-state index contributed by atoms with van der Waals surface area (Å²) in [7, 11) is 0. The van der Waals surface area contributed by atoms with Gasteiger partial charge in [0.25, 0.3) is 17.5 Å². The van der Waals surface area contributed by atoms with Crippen LogP contribution in [0.3, 0.4) is 0 Å². The highest BCUT2D eigenvalue weighted by atomic mass is 35.5. The third-order valence-corrected chi connectivity index (χ3v) is 5.14. The van der Waals surface area contributed by atoms with Gasteiger partial charge < -0.3 is 0 Å². The van der Waals surface area contributed by atoms with E-state index in [1.165, 1.54) is 43.3 Å². The highest BCUT2D eigenvalue weighted by molar-refractivity contribution is 6.43. The Bertz CT molecular complexity index is 1020. The van der Waals surface area contributed by atoms with Gasteiger partial charge in [-0.1, -0.05) is 29.8 Å². The van der Waals surface area contributed by atoms with Crippen LogP contribution < -0.4 is 0 Å². The van der Waals surface area contributed by atoms with Crippen molar-refractivity contribution in [2.75, 3.05) is 0 Å². The molecule has 0 saturated carbocycles. The van der Waals surface area contributed by atoms with E-state index in [0.717, 1.165) is 4.90 Å². The van der Waals surface area contributed by atoms with Crippen molar-refractivity contribution in [1.82, 2.24) is 4.90 Å². The van der Waals surface area contributed by atoms with E-state index in [2.05, 4.69) is 6.58 Å². The number of carbonyl (C=O) groups is 3. The van der Waals surface area contributed by atoms with Crippen LogP contribution in [-0.2, 0) is 4.79 Å². The molecule has 2 amide bonds. The number of Topliss-reactive ketones (excluding diaryl/α,β-unsaturated/α-hetero) is 1. The first-order valence-electron chi connectivity index (χ1n) is 7.94. The fourth-order valence-corrected chi connectivity index (χ4v) is 3.29. The number of imide groups is 1. The molecule has 7 nitrogen and oxygen atoms in total. The van der Waals surface area contributed by atoms with Crippen LogP contribution in [0.5, 0.6) is 0 Å². The van der Waals surface area contributed by atoms with E-state index < -0.39 is 28.6 Å². The quantitative estimate of drug-likeness (QED) is 0.310. The third-order valence-electron chi connectivity index (χ3n) is 4.42. The second-order valence-electron chi connectivity index (χ2n) is 6.12. The maximum Gasteiger partial charge on any atom is 0.269 e. The molecular formula is C19H12Cl2N2O5.